The fourth-order valence-electron chi connectivity index (χ4n) is 2.51. The first-order valence-electron chi connectivity index (χ1n) is 7.70. The highest BCUT2D eigenvalue weighted by Crippen LogP contribution is 2.23. The van der Waals surface area contributed by atoms with E-state index in [4.69, 9.17) is 10.5 Å². The van der Waals surface area contributed by atoms with E-state index in [1.807, 2.05) is 0 Å². The number of primary amides is 1. The van der Waals surface area contributed by atoms with E-state index in [9.17, 15) is 18.0 Å². The molecule has 0 aromatic heterocycles. The van der Waals surface area contributed by atoms with Gasteiger partial charge in [0, 0.05) is 33.2 Å². The fraction of sp³-hybridized carbons (Fsp3) is 0.467. The largest absolute Gasteiger partial charge is 0.496 e. The molecule has 2 amide bonds. The van der Waals surface area contributed by atoms with Gasteiger partial charge >= 0.3 is 0 Å². The number of methoxy groups -OCH3 is 1. The number of amides is 2. The van der Waals surface area contributed by atoms with Crippen LogP contribution in [0.3, 0.4) is 0 Å². The Bertz CT molecular complexity index is 759. The Morgan fingerprint density at radius 2 is 1.96 bits per heavy atom. The van der Waals surface area contributed by atoms with Gasteiger partial charge in [-0.25, -0.2) is 8.42 Å². The third-order valence-electron chi connectivity index (χ3n) is 3.97. The van der Waals surface area contributed by atoms with Crippen molar-refractivity contribution in [2.45, 2.75) is 4.90 Å². The number of piperazine rings is 1. The van der Waals surface area contributed by atoms with Crippen LogP contribution in [0.2, 0.25) is 0 Å². The third kappa shape index (κ3) is 4.27. The molecule has 1 aliphatic rings. The van der Waals surface area contributed by atoms with Gasteiger partial charge in [0.2, 0.25) is 15.9 Å². The number of benzene rings is 1. The van der Waals surface area contributed by atoms with E-state index in [1.165, 1.54) is 26.3 Å². The average Bonchev–Trinajstić information content (AvgIpc) is 2.61. The molecule has 0 atom stereocenters. The first-order chi connectivity index (χ1) is 11.8. The zero-order chi connectivity index (χ0) is 18.6. The molecule has 3 N–H and O–H groups in total. The van der Waals surface area contributed by atoms with Crippen LogP contribution in [0.5, 0.6) is 5.75 Å². The van der Waals surface area contributed by atoms with Gasteiger partial charge in [0.1, 0.15) is 5.75 Å². The molecule has 0 bridgehead atoms. The summed E-state index contributed by atoms with van der Waals surface area (Å²) in [5.74, 6) is -0.879. The molecular weight excluding hydrogens is 348 g/mol. The summed E-state index contributed by atoms with van der Waals surface area (Å²) in [6.45, 7) is 2.17. The van der Waals surface area contributed by atoms with Crippen LogP contribution in [0.4, 0.5) is 0 Å². The van der Waals surface area contributed by atoms with E-state index in [-0.39, 0.29) is 28.7 Å². The zero-order valence-corrected chi connectivity index (χ0v) is 15.0. The molecule has 10 heteroatoms. The molecule has 0 saturated carbocycles. The van der Waals surface area contributed by atoms with E-state index < -0.39 is 15.9 Å². The summed E-state index contributed by atoms with van der Waals surface area (Å²) < 4.78 is 31.3. The highest BCUT2D eigenvalue weighted by Gasteiger charge is 2.27. The lowest BCUT2D eigenvalue weighted by molar-refractivity contribution is -0.131. The minimum absolute atomic E-state index is 0.0367. The van der Waals surface area contributed by atoms with E-state index in [0.29, 0.717) is 26.2 Å². The quantitative estimate of drug-likeness (QED) is 0.652. The molecule has 25 heavy (non-hydrogen) atoms. The van der Waals surface area contributed by atoms with Crippen LogP contribution < -0.4 is 15.8 Å². The van der Waals surface area contributed by atoms with Gasteiger partial charge in [-0.3, -0.25) is 9.59 Å². The molecule has 0 unspecified atom stereocenters. The number of carbonyl (C=O) groups excluding carboxylic acids is 2. The molecular formula is C15H22N4O5S. The monoisotopic (exact) mass is 370 g/mol. The van der Waals surface area contributed by atoms with Crippen molar-refractivity contribution in [1.82, 2.24) is 14.5 Å². The maximum atomic E-state index is 12.7. The number of rotatable bonds is 6. The van der Waals surface area contributed by atoms with Gasteiger partial charge in [-0.05, 0) is 18.2 Å². The Morgan fingerprint density at radius 1 is 1.32 bits per heavy atom. The topological polar surface area (TPSA) is 122 Å². The van der Waals surface area contributed by atoms with Crippen LogP contribution in [0.25, 0.3) is 0 Å². The van der Waals surface area contributed by atoms with Crippen molar-refractivity contribution in [1.29, 1.82) is 0 Å². The Kier molecular flexibility index (Phi) is 5.98. The van der Waals surface area contributed by atoms with Crippen molar-refractivity contribution in [3.63, 3.8) is 0 Å². The second kappa shape index (κ2) is 7.81. The first kappa shape index (κ1) is 19.2. The number of carbonyl (C=O) groups is 2. The molecule has 1 aliphatic heterocycles. The summed E-state index contributed by atoms with van der Waals surface area (Å²) in [7, 11) is -1.27. The molecule has 0 radical (unpaired) electrons. The highest BCUT2D eigenvalue weighted by molar-refractivity contribution is 7.89. The molecule has 1 saturated heterocycles. The molecule has 1 aromatic carbocycles. The van der Waals surface area contributed by atoms with Gasteiger partial charge in [0.25, 0.3) is 5.91 Å². The van der Waals surface area contributed by atoms with Crippen LogP contribution >= 0.6 is 0 Å². The second-order valence-corrected chi connectivity index (χ2v) is 7.66. The molecule has 1 fully saturated rings. The van der Waals surface area contributed by atoms with Gasteiger partial charge in [-0.2, -0.15) is 4.31 Å². The smallest absolute Gasteiger partial charge is 0.252 e. The Morgan fingerprint density at radius 3 is 2.52 bits per heavy atom. The summed E-state index contributed by atoms with van der Waals surface area (Å²) in [6, 6.07) is 3.83. The van der Waals surface area contributed by atoms with Crippen LogP contribution in [-0.2, 0) is 14.8 Å². The standard InChI is InChI=1S/C15H22N4O5S/c1-18(10-14(20)19-7-5-17-6-8-19)25(22,23)11-3-4-13(24-2)12(9-11)15(16)21/h3-4,9,17H,5-8,10H2,1-2H3,(H2,16,21). The van der Waals surface area contributed by atoms with Crippen molar-refractivity contribution in [3.05, 3.63) is 23.8 Å². The molecule has 0 aliphatic carbocycles. The summed E-state index contributed by atoms with van der Waals surface area (Å²) in [4.78, 5) is 25.2. The summed E-state index contributed by atoms with van der Waals surface area (Å²) in [5.41, 5.74) is 5.23. The van der Waals surface area contributed by atoms with E-state index in [2.05, 4.69) is 5.32 Å². The summed E-state index contributed by atoms with van der Waals surface area (Å²) >= 11 is 0. The van der Waals surface area contributed by atoms with Crippen LogP contribution in [0.1, 0.15) is 10.4 Å². The highest BCUT2D eigenvalue weighted by atomic mass is 32.2. The number of nitrogens with two attached hydrogens (primary N) is 1. The van der Waals surface area contributed by atoms with Gasteiger partial charge in [-0.1, -0.05) is 0 Å². The molecule has 1 heterocycles. The predicted molar refractivity (Wildman–Crippen MR) is 90.8 cm³/mol. The van der Waals surface area contributed by atoms with E-state index in [0.717, 1.165) is 10.4 Å². The molecule has 2 rings (SSSR count). The number of nitrogens with zero attached hydrogens (tertiary/aromatic N) is 2. The minimum Gasteiger partial charge on any atom is -0.496 e. The SMILES string of the molecule is COc1ccc(S(=O)(=O)N(C)CC(=O)N2CCNCC2)cc1C(N)=O. The Balaban J connectivity index is 2.20. The van der Waals surface area contributed by atoms with Crippen LogP contribution in [0.15, 0.2) is 23.1 Å². The lowest BCUT2D eigenvalue weighted by Gasteiger charge is -2.29. The molecule has 138 valence electrons. The number of nitrogens with one attached hydrogen (secondary N) is 1. The van der Waals surface area contributed by atoms with Crippen molar-refractivity contribution < 1.29 is 22.7 Å². The third-order valence-corrected chi connectivity index (χ3v) is 5.77. The molecule has 9 nitrogen and oxygen atoms in total. The van der Waals surface area contributed by atoms with Crippen molar-refractivity contribution >= 4 is 21.8 Å². The number of likely N-dealkylation sites (N-methyl/N-ethyl adjacent to an activating group) is 1. The zero-order valence-electron chi connectivity index (χ0n) is 14.2. The second-order valence-electron chi connectivity index (χ2n) is 5.62. The van der Waals surface area contributed by atoms with Crippen LogP contribution in [-0.4, -0.2) is 76.3 Å². The Labute approximate surface area is 146 Å². The lowest BCUT2D eigenvalue weighted by atomic mass is 10.2. The molecule has 1 aromatic rings. The normalized spacial score (nSPS) is 15.2. The van der Waals surface area contributed by atoms with Crippen molar-refractivity contribution in [2.24, 2.45) is 5.73 Å². The number of sulfonamides is 1. The number of hydrogen-bond acceptors (Lipinski definition) is 6. The molecule has 0 spiro atoms. The predicted octanol–water partition coefficient (Wildman–Crippen LogP) is -1.15. The van der Waals surface area contributed by atoms with Gasteiger partial charge in [-0.15, -0.1) is 0 Å². The first-order valence-corrected chi connectivity index (χ1v) is 9.14. The van der Waals surface area contributed by atoms with E-state index >= 15 is 0 Å². The average molecular weight is 370 g/mol. The number of hydrogen-bond donors (Lipinski definition) is 2. The van der Waals surface area contributed by atoms with Gasteiger partial charge in [0.15, 0.2) is 0 Å². The lowest BCUT2D eigenvalue weighted by Crippen LogP contribution is -2.49. The van der Waals surface area contributed by atoms with Crippen molar-refractivity contribution in [2.75, 3.05) is 46.9 Å². The fourth-order valence-corrected chi connectivity index (χ4v) is 3.66. The number of ether oxygens (including phenoxy) is 1. The van der Waals surface area contributed by atoms with Gasteiger partial charge in [0.05, 0.1) is 24.1 Å². The van der Waals surface area contributed by atoms with E-state index in [1.54, 1.807) is 4.90 Å². The minimum atomic E-state index is -3.95. The van der Waals surface area contributed by atoms with Gasteiger partial charge < -0.3 is 20.7 Å². The maximum Gasteiger partial charge on any atom is 0.252 e. The summed E-state index contributed by atoms with van der Waals surface area (Å²) in [5, 5.41) is 3.13. The van der Waals surface area contributed by atoms with Crippen LogP contribution in [0, 0.1) is 0 Å². The van der Waals surface area contributed by atoms with Crippen molar-refractivity contribution in [3.8, 4) is 5.75 Å². The Hall–Kier alpha value is -2.17. The maximum absolute atomic E-state index is 12.7. The summed E-state index contributed by atoms with van der Waals surface area (Å²) in [6.07, 6.45) is 0.